The zero-order valence-electron chi connectivity index (χ0n) is 9.92. The Bertz CT molecular complexity index is 570. The van der Waals surface area contributed by atoms with Crippen LogP contribution < -0.4 is 11.3 Å². The van der Waals surface area contributed by atoms with E-state index in [1.807, 2.05) is 38.1 Å². The number of benzene rings is 1. The zero-order chi connectivity index (χ0) is 12.4. The number of nitrogens with two attached hydrogens (primary N) is 1. The van der Waals surface area contributed by atoms with E-state index >= 15 is 0 Å². The molecule has 1 aromatic carbocycles. The average molecular weight is 229 g/mol. The fourth-order valence-corrected chi connectivity index (χ4v) is 1.60. The Morgan fingerprint density at radius 1 is 1.12 bits per heavy atom. The van der Waals surface area contributed by atoms with Crippen LogP contribution in [0.5, 0.6) is 0 Å². The second-order valence-corrected chi connectivity index (χ2v) is 4.22. The largest absolute Gasteiger partial charge is 0.399 e. The molecule has 17 heavy (non-hydrogen) atoms. The molecular formula is C13H15N3O. The Hall–Kier alpha value is -2.10. The smallest absolute Gasteiger partial charge is 0.267 e. The highest BCUT2D eigenvalue weighted by Gasteiger charge is 2.05. The van der Waals surface area contributed by atoms with Crippen LogP contribution in [0.2, 0.25) is 0 Å². The topological polar surface area (TPSA) is 60.9 Å². The normalized spacial score (nSPS) is 10.8. The highest BCUT2D eigenvalue weighted by molar-refractivity contribution is 5.61. The van der Waals surface area contributed by atoms with Crippen molar-refractivity contribution < 1.29 is 0 Å². The standard InChI is InChI=1S/C13H15N3O/c1-9(2)16-13(17)8-7-12(15-16)10-3-5-11(14)6-4-10/h3-9H,14H2,1-2H3. The van der Waals surface area contributed by atoms with Gasteiger partial charge in [-0.15, -0.1) is 0 Å². The first kappa shape index (κ1) is 11.4. The van der Waals surface area contributed by atoms with Crippen LogP contribution in [-0.4, -0.2) is 9.78 Å². The van der Waals surface area contributed by atoms with Crippen LogP contribution >= 0.6 is 0 Å². The minimum absolute atomic E-state index is 0.0521. The van der Waals surface area contributed by atoms with Crippen molar-refractivity contribution in [1.29, 1.82) is 0 Å². The summed E-state index contributed by atoms with van der Waals surface area (Å²) in [6.07, 6.45) is 0. The fraction of sp³-hybridized carbons (Fsp3) is 0.231. The lowest BCUT2D eigenvalue weighted by atomic mass is 10.1. The number of rotatable bonds is 2. The number of nitrogens with zero attached hydrogens (tertiary/aromatic N) is 2. The van der Waals surface area contributed by atoms with Crippen molar-refractivity contribution in [2.45, 2.75) is 19.9 Å². The van der Waals surface area contributed by atoms with E-state index in [0.29, 0.717) is 5.69 Å². The Morgan fingerprint density at radius 2 is 1.76 bits per heavy atom. The number of hydrogen-bond donors (Lipinski definition) is 1. The van der Waals surface area contributed by atoms with Gasteiger partial charge in [0.25, 0.3) is 5.56 Å². The second-order valence-electron chi connectivity index (χ2n) is 4.22. The first-order valence-corrected chi connectivity index (χ1v) is 5.53. The minimum Gasteiger partial charge on any atom is -0.399 e. The summed E-state index contributed by atoms with van der Waals surface area (Å²) >= 11 is 0. The predicted octanol–water partition coefficient (Wildman–Crippen LogP) is 2.07. The lowest BCUT2D eigenvalue weighted by Crippen LogP contribution is -2.23. The number of nitrogen functional groups attached to an aromatic ring is 1. The van der Waals surface area contributed by atoms with Gasteiger partial charge in [0, 0.05) is 17.3 Å². The summed E-state index contributed by atoms with van der Waals surface area (Å²) in [5, 5.41) is 4.34. The van der Waals surface area contributed by atoms with Crippen molar-refractivity contribution in [3.05, 3.63) is 46.8 Å². The van der Waals surface area contributed by atoms with E-state index in [2.05, 4.69) is 5.10 Å². The van der Waals surface area contributed by atoms with Crippen molar-refractivity contribution in [1.82, 2.24) is 9.78 Å². The molecular weight excluding hydrogens is 214 g/mol. The van der Waals surface area contributed by atoms with Crippen molar-refractivity contribution in [2.75, 3.05) is 5.73 Å². The SMILES string of the molecule is CC(C)n1nc(-c2ccc(N)cc2)ccc1=O. The third-order valence-corrected chi connectivity index (χ3v) is 2.52. The highest BCUT2D eigenvalue weighted by atomic mass is 16.1. The second kappa shape index (κ2) is 4.41. The highest BCUT2D eigenvalue weighted by Crippen LogP contribution is 2.17. The summed E-state index contributed by atoms with van der Waals surface area (Å²) in [4.78, 5) is 11.6. The van der Waals surface area contributed by atoms with Gasteiger partial charge in [0.05, 0.1) is 11.7 Å². The van der Waals surface area contributed by atoms with Crippen molar-refractivity contribution in [3.63, 3.8) is 0 Å². The van der Waals surface area contributed by atoms with Crippen LogP contribution in [0.15, 0.2) is 41.2 Å². The van der Waals surface area contributed by atoms with Crippen LogP contribution in [0.4, 0.5) is 5.69 Å². The van der Waals surface area contributed by atoms with E-state index in [1.54, 1.807) is 12.1 Å². The summed E-state index contributed by atoms with van der Waals surface area (Å²) < 4.78 is 1.48. The summed E-state index contributed by atoms with van der Waals surface area (Å²) in [5.41, 5.74) is 7.99. The van der Waals surface area contributed by atoms with Gasteiger partial charge in [0.15, 0.2) is 0 Å². The van der Waals surface area contributed by atoms with Gasteiger partial charge in [-0.3, -0.25) is 4.79 Å². The van der Waals surface area contributed by atoms with Crippen LogP contribution in [-0.2, 0) is 0 Å². The molecule has 0 spiro atoms. The Labute approximate surface area is 99.7 Å². The molecule has 0 amide bonds. The molecule has 2 rings (SSSR count). The lowest BCUT2D eigenvalue weighted by Gasteiger charge is -2.09. The molecule has 0 unspecified atom stereocenters. The molecule has 0 saturated heterocycles. The molecule has 0 atom stereocenters. The Kier molecular flexibility index (Phi) is 2.95. The van der Waals surface area contributed by atoms with E-state index < -0.39 is 0 Å². The maximum absolute atomic E-state index is 11.6. The summed E-state index contributed by atoms with van der Waals surface area (Å²) in [7, 11) is 0. The quantitative estimate of drug-likeness (QED) is 0.802. The monoisotopic (exact) mass is 229 g/mol. The number of hydrogen-bond acceptors (Lipinski definition) is 3. The summed E-state index contributed by atoms with van der Waals surface area (Å²) in [5.74, 6) is 0. The van der Waals surface area contributed by atoms with Gasteiger partial charge in [-0.1, -0.05) is 12.1 Å². The maximum atomic E-state index is 11.6. The Morgan fingerprint density at radius 3 is 2.35 bits per heavy atom. The molecule has 2 aromatic rings. The molecule has 0 fully saturated rings. The van der Waals surface area contributed by atoms with Crippen molar-refractivity contribution in [2.24, 2.45) is 0 Å². The van der Waals surface area contributed by atoms with E-state index in [4.69, 9.17) is 5.73 Å². The molecule has 0 saturated carbocycles. The van der Waals surface area contributed by atoms with Gasteiger partial charge in [-0.2, -0.15) is 5.10 Å². The molecule has 4 nitrogen and oxygen atoms in total. The molecule has 0 aliphatic carbocycles. The molecule has 1 aromatic heterocycles. The van der Waals surface area contributed by atoms with Gasteiger partial charge >= 0.3 is 0 Å². The zero-order valence-corrected chi connectivity index (χ0v) is 9.92. The molecule has 0 aliphatic heterocycles. The van der Waals surface area contributed by atoms with E-state index in [0.717, 1.165) is 11.3 Å². The Balaban J connectivity index is 2.50. The van der Waals surface area contributed by atoms with Gasteiger partial charge in [0.2, 0.25) is 0 Å². The number of aromatic nitrogens is 2. The number of anilines is 1. The van der Waals surface area contributed by atoms with Crippen molar-refractivity contribution >= 4 is 5.69 Å². The summed E-state index contributed by atoms with van der Waals surface area (Å²) in [6.45, 7) is 3.86. The molecule has 0 aliphatic rings. The molecule has 4 heteroatoms. The molecule has 2 N–H and O–H groups in total. The summed E-state index contributed by atoms with van der Waals surface area (Å²) in [6, 6.07) is 10.8. The molecule has 88 valence electrons. The minimum atomic E-state index is -0.0841. The first-order valence-electron chi connectivity index (χ1n) is 5.53. The van der Waals surface area contributed by atoms with Gasteiger partial charge in [-0.25, -0.2) is 4.68 Å². The van der Waals surface area contributed by atoms with Crippen molar-refractivity contribution in [3.8, 4) is 11.3 Å². The van der Waals surface area contributed by atoms with E-state index in [9.17, 15) is 4.79 Å². The van der Waals surface area contributed by atoms with Crippen LogP contribution in [0.25, 0.3) is 11.3 Å². The van der Waals surface area contributed by atoms with Gasteiger partial charge in [-0.05, 0) is 32.0 Å². The lowest BCUT2D eigenvalue weighted by molar-refractivity contribution is 0.505. The molecule has 1 heterocycles. The molecule has 0 radical (unpaired) electrons. The third-order valence-electron chi connectivity index (χ3n) is 2.52. The van der Waals surface area contributed by atoms with Crippen LogP contribution in [0.1, 0.15) is 19.9 Å². The fourth-order valence-electron chi connectivity index (χ4n) is 1.60. The van der Waals surface area contributed by atoms with Gasteiger partial charge < -0.3 is 5.73 Å². The first-order chi connectivity index (χ1) is 8.08. The maximum Gasteiger partial charge on any atom is 0.267 e. The average Bonchev–Trinajstić information content (AvgIpc) is 2.30. The molecule has 0 bridgehead atoms. The van der Waals surface area contributed by atoms with Gasteiger partial charge in [0.1, 0.15) is 0 Å². The van der Waals surface area contributed by atoms with Crippen LogP contribution in [0, 0.1) is 0 Å². The van der Waals surface area contributed by atoms with E-state index in [-0.39, 0.29) is 11.6 Å². The van der Waals surface area contributed by atoms with E-state index in [1.165, 1.54) is 4.68 Å². The van der Waals surface area contributed by atoms with Crippen LogP contribution in [0.3, 0.4) is 0 Å². The predicted molar refractivity (Wildman–Crippen MR) is 68.7 cm³/mol. The third kappa shape index (κ3) is 2.36.